The maximum atomic E-state index is 13.6. The summed E-state index contributed by atoms with van der Waals surface area (Å²) >= 11 is 0. The molecule has 1 aliphatic carbocycles. The third-order valence-corrected chi connectivity index (χ3v) is 4.17. The third kappa shape index (κ3) is 2.50. The molecule has 112 valence electrons. The van der Waals surface area contributed by atoms with Crippen molar-refractivity contribution in [2.24, 2.45) is 5.41 Å². The highest BCUT2D eigenvalue weighted by Gasteiger charge is 2.58. The van der Waals surface area contributed by atoms with Gasteiger partial charge in [-0.3, -0.25) is 9.59 Å². The number of amides is 2. The molecule has 1 aliphatic heterocycles. The second kappa shape index (κ2) is 5.09. The van der Waals surface area contributed by atoms with E-state index in [1.807, 2.05) is 0 Å². The standard InChI is InChI=1S/C15H16F2N2O2/c16-10-3-4-12(11(17)9-10)18-13(20)15(5-6-15)14(21)19-7-1-2-8-19/h3-4,9H,1-2,5-8H2,(H,18,20). The van der Waals surface area contributed by atoms with Crippen LogP contribution in [0.3, 0.4) is 0 Å². The van der Waals surface area contributed by atoms with Crippen LogP contribution in [-0.2, 0) is 9.59 Å². The number of benzene rings is 1. The average molecular weight is 294 g/mol. The van der Waals surface area contributed by atoms with E-state index in [4.69, 9.17) is 0 Å². The van der Waals surface area contributed by atoms with Gasteiger partial charge in [-0.15, -0.1) is 0 Å². The van der Waals surface area contributed by atoms with Crippen LogP contribution in [0.25, 0.3) is 0 Å². The largest absolute Gasteiger partial charge is 0.342 e. The number of anilines is 1. The lowest BCUT2D eigenvalue weighted by atomic mass is 10.0. The van der Waals surface area contributed by atoms with E-state index >= 15 is 0 Å². The van der Waals surface area contributed by atoms with Gasteiger partial charge in [0.2, 0.25) is 11.8 Å². The number of likely N-dealkylation sites (tertiary alicyclic amines) is 1. The Balaban J connectivity index is 1.74. The molecule has 0 radical (unpaired) electrons. The molecule has 2 amide bonds. The lowest BCUT2D eigenvalue weighted by Crippen LogP contribution is -2.41. The van der Waals surface area contributed by atoms with Crippen LogP contribution >= 0.6 is 0 Å². The molecule has 2 aliphatic rings. The molecule has 0 unspecified atom stereocenters. The van der Waals surface area contributed by atoms with Gasteiger partial charge in [0.1, 0.15) is 17.0 Å². The van der Waals surface area contributed by atoms with Crippen LogP contribution in [0, 0.1) is 17.0 Å². The van der Waals surface area contributed by atoms with Gasteiger partial charge in [-0.1, -0.05) is 0 Å². The fraction of sp³-hybridized carbons (Fsp3) is 0.467. The molecule has 1 heterocycles. The Morgan fingerprint density at radius 2 is 1.81 bits per heavy atom. The first-order valence-electron chi connectivity index (χ1n) is 7.09. The van der Waals surface area contributed by atoms with Crippen molar-refractivity contribution in [1.29, 1.82) is 0 Å². The molecule has 21 heavy (non-hydrogen) atoms. The molecule has 4 nitrogen and oxygen atoms in total. The highest BCUT2D eigenvalue weighted by molar-refractivity contribution is 6.13. The number of nitrogens with zero attached hydrogens (tertiary/aromatic N) is 1. The van der Waals surface area contributed by atoms with Crippen molar-refractivity contribution in [3.05, 3.63) is 29.8 Å². The highest BCUT2D eigenvalue weighted by Crippen LogP contribution is 2.48. The molecule has 0 spiro atoms. The molecule has 1 N–H and O–H groups in total. The SMILES string of the molecule is O=C(Nc1ccc(F)cc1F)C1(C(=O)N2CCCC2)CC1. The number of carbonyl (C=O) groups excluding carboxylic acids is 2. The van der Waals surface area contributed by atoms with E-state index in [9.17, 15) is 18.4 Å². The summed E-state index contributed by atoms with van der Waals surface area (Å²) in [4.78, 5) is 26.4. The molecule has 1 saturated heterocycles. The predicted molar refractivity (Wildman–Crippen MR) is 72.5 cm³/mol. The van der Waals surface area contributed by atoms with E-state index in [1.165, 1.54) is 6.07 Å². The van der Waals surface area contributed by atoms with Crippen molar-refractivity contribution in [3.63, 3.8) is 0 Å². The van der Waals surface area contributed by atoms with Gasteiger partial charge in [-0.2, -0.15) is 0 Å². The number of nitrogens with one attached hydrogen (secondary N) is 1. The fourth-order valence-corrected chi connectivity index (χ4v) is 2.72. The van der Waals surface area contributed by atoms with E-state index in [0.717, 1.165) is 18.9 Å². The molecule has 2 fully saturated rings. The number of hydrogen-bond donors (Lipinski definition) is 1. The minimum Gasteiger partial charge on any atom is -0.342 e. The molecule has 0 bridgehead atoms. The van der Waals surface area contributed by atoms with Crippen molar-refractivity contribution < 1.29 is 18.4 Å². The van der Waals surface area contributed by atoms with Gasteiger partial charge in [0, 0.05) is 19.2 Å². The number of rotatable bonds is 3. The highest BCUT2D eigenvalue weighted by atomic mass is 19.1. The minimum absolute atomic E-state index is 0.0955. The van der Waals surface area contributed by atoms with Crippen molar-refractivity contribution in [3.8, 4) is 0 Å². The molecule has 1 aromatic carbocycles. The maximum Gasteiger partial charge on any atom is 0.240 e. The number of hydrogen-bond acceptors (Lipinski definition) is 2. The Morgan fingerprint density at radius 1 is 1.14 bits per heavy atom. The van der Waals surface area contributed by atoms with Gasteiger partial charge < -0.3 is 10.2 Å². The van der Waals surface area contributed by atoms with Crippen molar-refractivity contribution in [2.45, 2.75) is 25.7 Å². The zero-order valence-corrected chi connectivity index (χ0v) is 11.5. The van der Waals surface area contributed by atoms with Crippen molar-refractivity contribution in [1.82, 2.24) is 4.90 Å². The normalized spacial score (nSPS) is 19.4. The molecule has 0 atom stereocenters. The fourth-order valence-electron chi connectivity index (χ4n) is 2.72. The zero-order valence-electron chi connectivity index (χ0n) is 11.5. The predicted octanol–water partition coefficient (Wildman–Crippen LogP) is 2.31. The maximum absolute atomic E-state index is 13.6. The quantitative estimate of drug-likeness (QED) is 0.870. The summed E-state index contributed by atoms with van der Waals surface area (Å²) in [6.07, 6.45) is 2.88. The summed E-state index contributed by atoms with van der Waals surface area (Å²) in [6.45, 7) is 1.36. The first kappa shape index (κ1) is 14.0. The lowest BCUT2D eigenvalue weighted by molar-refractivity contribution is -0.141. The topological polar surface area (TPSA) is 49.4 Å². The minimum atomic E-state index is -1.05. The van der Waals surface area contributed by atoms with Gasteiger partial charge in [0.05, 0.1) is 5.69 Å². The molecule has 1 aromatic rings. The molecule has 6 heteroatoms. The van der Waals surface area contributed by atoms with Crippen LogP contribution in [0.4, 0.5) is 14.5 Å². The van der Waals surface area contributed by atoms with E-state index < -0.39 is 23.0 Å². The van der Waals surface area contributed by atoms with Crippen LogP contribution < -0.4 is 5.32 Å². The summed E-state index contributed by atoms with van der Waals surface area (Å²) in [6, 6.07) is 2.94. The van der Waals surface area contributed by atoms with Gasteiger partial charge in [-0.25, -0.2) is 8.78 Å². The third-order valence-electron chi connectivity index (χ3n) is 4.17. The molecule has 3 rings (SSSR count). The van der Waals surface area contributed by atoms with E-state index in [0.29, 0.717) is 32.0 Å². The summed E-state index contributed by atoms with van der Waals surface area (Å²) in [5, 5.41) is 2.42. The van der Waals surface area contributed by atoms with Crippen LogP contribution in [0.2, 0.25) is 0 Å². The summed E-state index contributed by atoms with van der Waals surface area (Å²) in [7, 11) is 0. The van der Waals surface area contributed by atoms with Crippen LogP contribution in [-0.4, -0.2) is 29.8 Å². The monoisotopic (exact) mass is 294 g/mol. The van der Waals surface area contributed by atoms with Gasteiger partial charge in [0.15, 0.2) is 0 Å². The van der Waals surface area contributed by atoms with E-state index in [2.05, 4.69) is 5.32 Å². The first-order valence-corrected chi connectivity index (χ1v) is 7.09. The second-order valence-corrected chi connectivity index (χ2v) is 5.66. The van der Waals surface area contributed by atoms with E-state index in [-0.39, 0.29) is 11.6 Å². The van der Waals surface area contributed by atoms with Gasteiger partial charge in [0.25, 0.3) is 0 Å². The van der Waals surface area contributed by atoms with Crippen LogP contribution in [0.5, 0.6) is 0 Å². The van der Waals surface area contributed by atoms with E-state index in [1.54, 1.807) is 4.90 Å². The van der Waals surface area contributed by atoms with Crippen LogP contribution in [0.15, 0.2) is 18.2 Å². The smallest absolute Gasteiger partial charge is 0.240 e. The zero-order chi connectivity index (χ0) is 15.0. The summed E-state index contributed by atoms with van der Waals surface area (Å²) < 4.78 is 26.4. The summed E-state index contributed by atoms with van der Waals surface area (Å²) in [5.41, 5.74) is -1.15. The first-order chi connectivity index (χ1) is 10.0. The molecule has 0 aromatic heterocycles. The Morgan fingerprint density at radius 3 is 2.38 bits per heavy atom. The summed E-state index contributed by atoms with van der Waals surface area (Å²) in [5.74, 6) is -2.21. The molecule has 1 saturated carbocycles. The number of carbonyl (C=O) groups is 2. The average Bonchev–Trinajstić information content (AvgIpc) is 3.08. The Labute approximate surface area is 121 Å². The van der Waals surface area contributed by atoms with Crippen LogP contribution in [0.1, 0.15) is 25.7 Å². The molecular weight excluding hydrogens is 278 g/mol. The van der Waals surface area contributed by atoms with Gasteiger partial charge in [-0.05, 0) is 37.8 Å². The van der Waals surface area contributed by atoms with Crippen molar-refractivity contribution in [2.75, 3.05) is 18.4 Å². The second-order valence-electron chi connectivity index (χ2n) is 5.66. The van der Waals surface area contributed by atoms with Crippen molar-refractivity contribution >= 4 is 17.5 Å². The Bertz CT molecular complexity index is 593. The Kier molecular flexibility index (Phi) is 3.39. The lowest BCUT2D eigenvalue weighted by Gasteiger charge is -2.22. The number of halogens is 2. The molecular formula is C15H16F2N2O2. The van der Waals surface area contributed by atoms with Gasteiger partial charge >= 0.3 is 0 Å². The Hall–Kier alpha value is -1.98.